The highest BCUT2D eigenvalue weighted by Crippen LogP contribution is 2.52. The van der Waals surface area contributed by atoms with Crippen molar-refractivity contribution < 1.29 is 60.9 Å². The second-order valence-electron chi connectivity index (χ2n) is 18.8. The van der Waals surface area contributed by atoms with E-state index in [0.29, 0.717) is 25.2 Å². The number of carbonyl (C=O) groups excluding carboxylic acids is 3. The predicted molar refractivity (Wildman–Crippen MR) is 242 cm³/mol. The lowest BCUT2D eigenvalue weighted by molar-refractivity contribution is -0.179. The molecule has 368 valence electrons. The Balaban J connectivity index is 1.70. The van der Waals surface area contributed by atoms with Crippen molar-refractivity contribution in [1.29, 1.82) is 5.26 Å². The molecule has 0 aromatic carbocycles. The van der Waals surface area contributed by atoms with Crippen LogP contribution < -0.4 is 5.73 Å². The Morgan fingerprint density at radius 1 is 0.831 bits per heavy atom. The Morgan fingerprint density at radius 2 is 1.40 bits per heavy atom. The van der Waals surface area contributed by atoms with Gasteiger partial charge in [0.25, 0.3) is 0 Å². The number of nitrogens with zero attached hydrogens (tertiary/aromatic N) is 4. The van der Waals surface area contributed by atoms with E-state index in [9.17, 15) is 24.2 Å². The Kier molecular flexibility index (Phi) is 23.1. The number of ether oxygens (including phenoxy) is 6. The number of rotatable bonds is 30. The third kappa shape index (κ3) is 18.1. The first-order valence-electron chi connectivity index (χ1n) is 23.3. The molecular formula is C46H76N5O13P. The molecule has 1 saturated heterocycles. The van der Waals surface area contributed by atoms with Gasteiger partial charge in [-0.25, -0.2) is 23.4 Å². The molecule has 1 unspecified atom stereocenters. The van der Waals surface area contributed by atoms with Crippen LogP contribution in [0.2, 0.25) is 0 Å². The predicted octanol–water partition coefficient (Wildman–Crippen LogP) is 9.91. The molecule has 0 bridgehead atoms. The van der Waals surface area contributed by atoms with Crippen LogP contribution in [-0.4, -0.2) is 90.3 Å². The fourth-order valence-corrected chi connectivity index (χ4v) is 7.96. The maximum absolute atomic E-state index is 14.2. The maximum atomic E-state index is 14.2. The number of aromatic nitrogens is 3. The van der Waals surface area contributed by atoms with Crippen LogP contribution in [0, 0.1) is 22.2 Å². The first-order chi connectivity index (χ1) is 30.8. The average Bonchev–Trinajstić information content (AvgIpc) is 3.80. The number of anilines is 1. The number of nitrogens with two attached hydrogens (primary N) is 1. The average molecular weight is 938 g/mol. The maximum Gasteiger partial charge on any atom is 0.510 e. The van der Waals surface area contributed by atoms with Crippen LogP contribution in [0.25, 0.3) is 5.52 Å². The van der Waals surface area contributed by atoms with Gasteiger partial charge in [-0.15, -0.1) is 0 Å². The second kappa shape index (κ2) is 27.1. The van der Waals surface area contributed by atoms with Gasteiger partial charge in [0.1, 0.15) is 24.0 Å². The fraction of sp³-hybridized carbons (Fsp3) is 0.783. The quantitative estimate of drug-likeness (QED) is 0.0252. The largest absolute Gasteiger partial charge is 0.510 e. The summed E-state index contributed by atoms with van der Waals surface area (Å²) in [6.45, 7) is 14.4. The molecule has 5 atom stereocenters. The molecule has 1 aliphatic heterocycles. The minimum Gasteiger partial charge on any atom is -0.455 e. The van der Waals surface area contributed by atoms with E-state index in [2.05, 4.69) is 23.1 Å². The van der Waals surface area contributed by atoms with E-state index in [1.165, 1.54) is 87.5 Å². The summed E-state index contributed by atoms with van der Waals surface area (Å²) >= 11 is 0. The zero-order valence-corrected chi connectivity index (χ0v) is 41.2. The van der Waals surface area contributed by atoms with Crippen molar-refractivity contribution in [2.45, 2.75) is 189 Å². The van der Waals surface area contributed by atoms with Gasteiger partial charge in [0.05, 0.1) is 35.8 Å². The number of phosphoric ester groups is 1. The highest BCUT2D eigenvalue weighted by molar-refractivity contribution is 7.48. The summed E-state index contributed by atoms with van der Waals surface area (Å²) in [5.74, 6) is -1.38. The summed E-state index contributed by atoms with van der Waals surface area (Å²) in [6.07, 6.45) is 13.0. The smallest absolute Gasteiger partial charge is 0.455 e. The molecule has 3 rings (SSSR count). The molecule has 3 heterocycles. The molecule has 2 aromatic heterocycles. The summed E-state index contributed by atoms with van der Waals surface area (Å²) in [4.78, 5) is 43.3. The van der Waals surface area contributed by atoms with E-state index in [-0.39, 0.29) is 18.1 Å². The zero-order valence-electron chi connectivity index (χ0n) is 40.3. The molecule has 0 saturated carbocycles. The van der Waals surface area contributed by atoms with E-state index < -0.39 is 80.2 Å². The molecule has 1 fully saturated rings. The minimum atomic E-state index is -4.62. The van der Waals surface area contributed by atoms with E-state index >= 15 is 0 Å². The molecule has 0 radical (unpaired) electrons. The van der Waals surface area contributed by atoms with Gasteiger partial charge in [-0.2, -0.15) is 10.4 Å². The first-order valence-corrected chi connectivity index (χ1v) is 24.8. The molecule has 1 aliphatic rings. The molecule has 2 N–H and O–H groups in total. The third-order valence-electron chi connectivity index (χ3n) is 10.6. The van der Waals surface area contributed by atoms with E-state index in [0.717, 1.165) is 19.3 Å². The lowest BCUT2D eigenvalue weighted by Gasteiger charge is -2.31. The lowest BCUT2D eigenvalue weighted by Crippen LogP contribution is -2.48. The number of unbranched alkanes of at least 4 members (excludes halogenated alkanes) is 13. The molecular weight excluding hydrogens is 862 g/mol. The minimum absolute atomic E-state index is 0.0666. The molecule has 0 amide bonds. The van der Waals surface area contributed by atoms with Gasteiger partial charge >= 0.3 is 25.9 Å². The van der Waals surface area contributed by atoms with E-state index in [1.807, 2.05) is 0 Å². The monoisotopic (exact) mass is 938 g/mol. The summed E-state index contributed by atoms with van der Waals surface area (Å²) in [7, 11) is -4.62. The number of phosphoric acid groups is 1. The fourth-order valence-electron chi connectivity index (χ4n) is 6.88. The van der Waals surface area contributed by atoms with Gasteiger partial charge < -0.3 is 34.2 Å². The highest BCUT2D eigenvalue weighted by atomic mass is 31.2. The van der Waals surface area contributed by atoms with Crippen LogP contribution >= 0.6 is 7.82 Å². The van der Waals surface area contributed by atoms with Crippen LogP contribution in [0.1, 0.15) is 164 Å². The van der Waals surface area contributed by atoms with Crippen molar-refractivity contribution >= 4 is 37.3 Å². The third-order valence-corrected chi connectivity index (χ3v) is 12.0. The van der Waals surface area contributed by atoms with E-state index in [4.69, 9.17) is 47.7 Å². The number of fused-ring (bicyclic) bond motifs is 1. The molecule has 0 aliphatic carbocycles. The SMILES string of the molecule is CCCCCCCCCCCCCCCCOCCCOP(=O)(OCOC(=O)OC(C)C)OC[C@H]1O[C@@](C#N)(c2ccc3c(N)ncnn23)[C@H](OC(=O)C(C)(C)C)[C@@H]1OC(=O)C(C)(C)C. The van der Waals surface area contributed by atoms with Crippen molar-refractivity contribution in [3.63, 3.8) is 0 Å². The van der Waals surface area contributed by atoms with Crippen LogP contribution in [0.3, 0.4) is 0 Å². The normalized spacial score (nSPS) is 19.8. The Bertz CT molecular complexity index is 1860. The van der Waals surface area contributed by atoms with Gasteiger partial charge in [0, 0.05) is 13.2 Å². The molecule has 2 aromatic rings. The lowest BCUT2D eigenvalue weighted by atomic mass is 9.90. The van der Waals surface area contributed by atoms with Gasteiger partial charge in [-0.3, -0.25) is 18.6 Å². The highest BCUT2D eigenvalue weighted by Gasteiger charge is 2.63. The number of hydrogen-bond donors (Lipinski definition) is 1. The molecule has 18 nitrogen and oxygen atoms in total. The van der Waals surface area contributed by atoms with Crippen LogP contribution in [0.4, 0.5) is 10.6 Å². The number of esters is 2. The Labute approximate surface area is 385 Å². The topological polar surface area (TPSA) is 231 Å². The molecule has 65 heavy (non-hydrogen) atoms. The molecule has 0 spiro atoms. The van der Waals surface area contributed by atoms with Gasteiger partial charge in [0.2, 0.25) is 12.4 Å². The number of hydrogen-bond acceptors (Lipinski definition) is 17. The van der Waals surface area contributed by atoms with E-state index in [1.54, 1.807) is 61.5 Å². The standard InChI is InChI=1S/C46H76N5O13P/c1-10-11-12-13-14-15-16-17-18-19-20-21-22-23-27-56-28-24-29-58-65(55,60-33-57-43(54)61-34(2)3)59-30-36-38(62-41(52)44(4,5)6)39(63-42(53)45(7,8)9)46(31-47,64-36)37-26-25-35-40(48)49-32-50-51(35)37/h25-26,32,34,36,38-39H,10-24,27-30,33H2,1-9H3,(H2,48,49,50)/t36-,38-,39-,46+,65?/m1/s1. The summed E-state index contributed by atoms with van der Waals surface area (Å²) in [5, 5.41) is 15.3. The van der Waals surface area contributed by atoms with Crippen molar-refractivity contribution in [2.24, 2.45) is 10.8 Å². The van der Waals surface area contributed by atoms with Crippen LogP contribution in [0.5, 0.6) is 0 Å². The van der Waals surface area contributed by atoms with Crippen molar-refractivity contribution in [1.82, 2.24) is 14.6 Å². The second-order valence-corrected chi connectivity index (χ2v) is 20.5. The Hall–Kier alpha value is -3.85. The summed E-state index contributed by atoms with van der Waals surface area (Å²) < 4.78 is 66.6. The van der Waals surface area contributed by atoms with Gasteiger partial charge in [-0.1, -0.05) is 90.4 Å². The Morgan fingerprint density at radius 3 is 1.97 bits per heavy atom. The summed E-state index contributed by atoms with van der Waals surface area (Å²) in [6, 6.07) is 5.19. The van der Waals surface area contributed by atoms with Crippen molar-refractivity contribution in [2.75, 3.05) is 39.0 Å². The van der Waals surface area contributed by atoms with Crippen LogP contribution in [0.15, 0.2) is 18.5 Å². The first kappa shape index (κ1) is 55.5. The van der Waals surface area contributed by atoms with Gasteiger partial charge in [0.15, 0.2) is 18.0 Å². The zero-order chi connectivity index (χ0) is 48.1. The van der Waals surface area contributed by atoms with Crippen molar-refractivity contribution in [3.8, 4) is 6.07 Å². The number of carbonyl (C=O) groups is 3. The number of nitrogen functional groups attached to an aromatic ring is 1. The number of nitriles is 1. The van der Waals surface area contributed by atoms with Gasteiger partial charge in [-0.05, 0) is 80.4 Å². The molecule has 19 heteroatoms. The summed E-state index contributed by atoms with van der Waals surface area (Å²) in [5.41, 5.74) is 2.16. The van der Waals surface area contributed by atoms with Crippen molar-refractivity contribution in [3.05, 3.63) is 24.2 Å². The van der Waals surface area contributed by atoms with Crippen LogP contribution in [-0.2, 0) is 61.7 Å².